The third-order valence-electron chi connectivity index (χ3n) is 3.41. The molecule has 1 unspecified atom stereocenters. The van der Waals surface area contributed by atoms with E-state index in [4.69, 9.17) is 4.74 Å². The third-order valence-corrected chi connectivity index (χ3v) is 3.41. The van der Waals surface area contributed by atoms with E-state index >= 15 is 0 Å². The molecule has 1 aromatic rings. The zero-order chi connectivity index (χ0) is 13.8. The lowest BCUT2D eigenvalue weighted by Crippen LogP contribution is -2.43. The number of benzene rings is 1. The number of carbonyl (C=O) groups excluding carboxylic acids is 1. The summed E-state index contributed by atoms with van der Waals surface area (Å²) in [7, 11) is 1.66. The van der Waals surface area contributed by atoms with Gasteiger partial charge in [-0.25, -0.2) is 0 Å². The second kappa shape index (κ2) is 6.06. The van der Waals surface area contributed by atoms with Crippen molar-refractivity contribution in [1.82, 2.24) is 10.6 Å². The highest BCUT2D eigenvalue weighted by molar-refractivity contribution is 5.81. The monoisotopic (exact) mass is 262 g/mol. The van der Waals surface area contributed by atoms with Crippen LogP contribution >= 0.6 is 0 Å². The first-order valence-electron chi connectivity index (χ1n) is 6.80. The fourth-order valence-electron chi connectivity index (χ4n) is 2.01. The molecule has 1 aliphatic carbocycles. The van der Waals surface area contributed by atoms with Crippen LogP contribution in [0.2, 0.25) is 0 Å². The molecule has 4 heteroatoms. The van der Waals surface area contributed by atoms with E-state index in [0.29, 0.717) is 6.04 Å². The van der Waals surface area contributed by atoms with Gasteiger partial charge in [0, 0.05) is 12.1 Å². The maximum absolute atomic E-state index is 11.9. The first kappa shape index (κ1) is 13.9. The Morgan fingerprint density at radius 3 is 2.74 bits per heavy atom. The topological polar surface area (TPSA) is 50.4 Å². The molecule has 1 aromatic carbocycles. The van der Waals surface area contributed by atoms with Crippen molar-refractivity contribution in [2.24, 2.45) is 0 Å². The number of hydrogen-bond donors (Lipinski definition) is 2. The summed E-state index contributed by atoms with van der Waals surface area (Å²) in [5, 5.41) is 6.32. The normalized spacial score (nSPS) is 17.6. The van der Waals surface area contributed by atoms with E-state index in [9.17, 15) is 4.79 Å². The number of rotatable bonds is 6. The Balaban J connectivity index is 1.91. The van der Waals surface area contributed by atoms with Crippen molar-refractivity contribution >= 4 is 5.91 Å². The molecule has 19 heavy (non-hydrogen) atoms. The summed E-state index contributed by atoms with van der Waals surface area (Å²) in [5.41, 5.74) is 1.12. The summed E-state index contributed by atoms with van der Waals surface area (Å²) in [4.78, 5) is 11.9. The van der Waals surface area contributed by atoms with Crippen LogP contribution in [0, 0.1) is 0 Å². The van der Waals surface area contributed by atoms with E-state index in [-0.39, 0.29) is 18.0 Å². The predicted molar refractivity (Wildman–Crippen MR) is 75.2 cm³/mol. The van der Waals surface area contributed by atoms with E-state index in [2.05, 4.69) is 17.6 Å². The van der Waals surface area contributed by atoms with Gasteiger partial charge in [-0.3, -0.25) is 10.1 Å². The minimum Gasteiger partial charge on any atom is -0.497 e. The van der Waals surface area contributed by atoms with Crippen LogP contribution in [0.1, 0.15) is 38.3 Å². The molecule has 0 aliphatic heterocycles. The molecule has 1 amide bonds. The second-order valence-corrected chi connectivity index (χ2v) is 5.17. The van der Waals surface area contributed by atoms with Gasteiger partial charge >= 0.3 is 0 Å². The van der Waals surface area contributed by atoms with E-state index in [0.717, 1.165) is 24.2 Å². The third kappa shape index (κ3) is 3.96. The molecular weight excluding hydrogens is 240 g/mol. The van der Waals surface area contributed by atoms with Crippen LogP contribution in [0.25, 0.3) is 0 Å². The molecule has 2 atom stereocenters. The summed E-state index contributed by atoms with van der Waals surface area (Å²) >= 11 is 0. The van der Waals surface area contributed by atoms with Crippen molar-refractivity contribution in [3.05, 3.63) is 29.8 Å². The quantitative estimate of drug-likeness (QED) is 0.824. The smallest absolute Gasteiger partial charge is 0.237 e. The van der Waals surface area contributed by atoms with Gasteiger partial charge < -0.3 is 10.1 Å². The van der Waals surface area contributed by atoms with E-state index in [1.165, 1.54) is 0 Å². The van der Waals surface area contributed by atoms with Crippen LogP contribution in [0.4, 0.5) is 0 Å². The summed E-state index contributed by atoms with van der Waals surface area (Å²) in [6.45, 7) is 3.95. The van der Waals surface area contributed by atoms with E-state index in [1.54, 1.807) is 7.11 Å². The van der Waals surface area contributed by atoms with Crippen molar-refractivity contribution in [2.75, 3.05) is 7.11 Å². The summed E-state index contributed by atoms with van der Waals surface area (Å²) in [6, 6.07) is 8.22. The SMILES string of the molecule is COc1cccc([C@H](C)NC(C)C(=O)NC2CC2)c1. The van der Waals surface area contributed by atoms with Gasteiger partial charge in [-0.15, -0.1) is 0 Å². The first-order chi connectivity index (χ1) is 9.10. The minimum absolute atomic E-state index is 0.0808. The van der Waals surface area contributed by atoms with Crippen LogP contribution in [-0.2, 0) is 4.79 Å². The number of ether oxygens (including phenoxy) is 1. The van der Waals surface area contributed by atoms with Gasteiger partial charge in [-0.05, 0) is 44.4 Å². The van der Waals surface area contributed by atoms with Crippen LogP contribution < -0.4 is 15.4 Å². The standard InChI is InChI=1S/C15H22N2O2/c1-10(12-5-4-6-14(9-12)19-3)16-11(2)15(18)17-13-7-8-13/h4-6,9-11,13,16H,7-8H2,1-3H3,(H,17,18)/t10-,11?/m0/s1. The lowest BCUT2D eigenvalue weighted by atomic mass is 10.1. The number of carbonyl (C=O) groups is 1. The molecule has 2 N–H and O–H groups in total. The Bertz CT molecular complexity index is 444. The van der Waals surface area contributed by atoms with E-state index in [1.807, 2.05) is 31.2 Å². The average Bonchev–Trinajstić information content (AvgIpc) is 3.22. The van der Waals surface area contributed by atoms with Crippen molar-refractivity contribution in [2.45, 2.75) is 44.8 Å². The Morgan fingerprint density at radius 1 is 1.37 bits per heavy atom. The molecule has 0 radical (unpaired) electrons. The molecule has 104 valence electrons. The van der Waals surface area contributed by atoms with Crippen molar-refractivity contribution in [3.8, 4) is 5.75 Å². The van der Waals surface area contributed by atoms with Gasteiger partial charge in [-0.2, -0.15) is 0 Å². The van der Waals surface area contributed by atoms with Crippen molar-refractivity contribution < 1.29 is 9.53 Å². The average molecular weight is 262 g/mol. The lowest BCUT2D eigenvalue weighted by Gasteiger charge is -2.20. The fraction of sp³-hybridized carbons (Fsp3) is 0.533. The molecule has 0 saturated heterocycles. The van der Waals surface area contributed by atoms with Gasteiger partial charge in [0.2, 0.25) is 5.91 Å². The molecule has 2 rings (SSSR count). The number of methoxy groups -OCH3 is 1. The second-order valence-electron chi connectivity index (χ2n) is 5.17. The number of hydrogen-bond acceptors (Lipinski definition) is 3. The van der Waals surface area contributed by atoms with Gasteiger partial charge in [0.25, 0.3) is 0 Å². The van der Waals surface area contributed by atoms with Gasteiger partial charge in [0.1, 0.15) is 5.75 Å². The lowest BCUT2D eigenvalue weighted by molar-refractivity contribution is -0.123. The molecule has 0 heterocycles. The molecule has 1 aliphatic rings. The molecule has 0 bridgehead atoms. The van der Waals surface area contributed by atoms with Gasteiger partial charge in [0.15, 0.2) is 0 Å². The Kier molecular flexibility index (Phi) is 4.43. The fourth-order valence-corrected chi connectivity index (χ4v) is 2.01. The van der Waals surface area contributed by atoms with Crippen LogP contribution in [0.15, 0.2) is 24.3 Å². The maximum atomic E-state index is 11.9. The molecule has 1 saturated carbocycles. The zero-order valence-corrected chi connectivity index (χ0v) is 11.8. The number of nitrogens with one attached hydrogen (secondary N) is 2. The zero-order valence-electron chi connectivity index (χ0n) is 11.8. The summed E-state index contributed by atoms with van der Waals surface area (Å²) < 4.78 is 5.21. The van der Waals surface area contributed by atoms with Crippen molar-refractivity contribution in [1.29, 1.82) is 0 Å². The highest BCUT2D eigenvalue weighted by Gasteiger charge is 2.26. The van der Waals surface area contributed by atoms with Gasteiger partial charge in [0.05, 0.1) is 13.2 Å². The number of amides is 1. The summed E-state index contributed by atoms with van der Waals surface area (Å²) in [5.74, 6) is 0.915. The van der Waals surface area contributed by atoms with E-state index < -0.39 is 0 Å². The molecule has 0 spiro atoms. The molecule has 1 fully saturated rings. The predicted octanol–water partition coefficient (Wildman–Crippen LogP) is 2.01. The van der Waals surface area contributed by atoms with Crippen LogP contribution in [0.5, 0.6) is 5.75 Å². The van der Waals surface area contributed by atoms with Gasteiger partial charge in [-0.1, -0.05) is 12.1 Å². The Morgan fingerprint density at radius 2 is 2.11 bits per heavy atom. The Hall–Kier alpha value is -1.55. The van der Waals surface area contributed by atoms with Crippen LogP contribution in [0.3, 0.4) is 0 Å². The molecule has 4 nitrogen and oxygen atoms in total. The summed E-state index contributed by atoms with van der Waals surface area (Å²) in [6.07, 6.45) is 2.23. The van der Waals surface area contributed by atoms with Crippen molar-refractivity contribution in [3.63, 3.8) is 0 Å². The minimum atomic E-state index is -0.193. The first-order valence-corrected chi connectivity index (χ1v) is 6.80. The maximum Gasteiger partial charge on any atom is 0.237 e. The largest absolute Gasteiger partial charge is 0.497 e. The highest BCUT2D eigenvalue weighted by atomic mass is 16.5. The Labute approximate surface area is 114 Å². The van der Waals surface area contributed by atoms with Crippen LogP contribution in [-0.4, -0.2) is 25.1 Å². The molecular formula is C15H22N2O2. The highest BCUT2D eigenvalue weighted by Crippen LogP contribution is 2.20. The molecule has 0 aromatic heterocycles.